The van der Waals surface area contributed by atoms with Gasteiger partial charge in [0.25, 0.3) is 0 Å². The molecule has 0 saturated heterocycles. The minimum absolute atomic E-state index is 0.00489. The molecule has 0 radical (unpaired) electrons. The van der Waals surface area contributed by atoms with Gasteiger partial charge < -0.3 is 10.6 Å². The average Bonchev–Trinajstić information content (AvgIpc) is 3.08. The molecule has 0 unspecified atom stereocenters. The van der Waals surface area contributed by atoms with Crippen LogP contribution in [0.5, 0.6) is 0 Å². The lowest BCUT2D eigenvalue weighted by Gasteiger charge is -2.22. The Morgan fingerprint density at radius 2 is 2.16 bits per heavy atom. The summed E-state index contributed by atoms with van der Waals surface area (Å²) in [6.07, 6.45) is 8.25. The summed E-state index contributed by atoms with van der Waals surface area (Å²) in [5.41, 5.74) is 0. The normalized spacial score (nSPS) is 19.1. The monoisotopic (exact) mass is 265 g/mol. The molecule has 1 aromatic rings. The lowest BCUT2D eigenvalue weighted by Crippen LogP contribution is -2.45. The van der Waals surface area contributed by atoms with Crippen molar-refractivity contribution in [3.63, 3.8) is 0 Å². The van der Waals surface area contributed by atoms with E-state index >= 15 is 0 Å². The van der Waals surface area contributed by atoms with Gasteiger partial charge in [0.1, 0.15) is 12.7 Å². The first kappa shape index (κ1) is 13.8. The summed E-state index contributed by atoms with van der Waals surface area (Å²) in [6.45, 7) is 4.77. The molecule has 1 aliphatic carbocycles. The van der Waals surface area contributed by atoms with Crippen LogP contribution in [0.1, 0.15) is 45.6 Å². The first-order valence-electron chi connectivity index (χ1n) is 7.05. The second-order valence-corrected chi connectivity index (χ2v) is 5.41. The number of urea groups is 1. The van der Waals surface area contributed by atoms with E-state index in [1.54, 1.807) is 11.0 Å². The first-order valence-corrected chi connectivity index (χ1v) is 7.05. The molecular weight excluding hydrogens is 242 g/mol. The molecule has 6 nitrogen and oxygen atoms in total. The van der Waals surface area contributed by atoms with E-state index < -0.39 is 0 Å². The number of nitrogens with one attached hydrogen (secondary N) is 2. The van der Waals surface area contributed by atoms with Gasteiger partial charge >= 0.3 is 6.03 Å². The molecule has 2 N–H and O–H groups in total. The number of rotatable bonds is 5. The van der Waals surface area contributed by atoms with Crippen LogP contribution in [-0.2, 0) is 0 Å². The van der Waals surface area contributed by atoms with Crippen LogP contribution in [-0.4, -0.2) is 33.4 Å². The molecule has 1 heterocycles. The van der Waals surface area contributed by atoms with Crippen molar-refractivity contribution < 1.29 is 4.79 Å². The molecule has 0 aliphatic heterocycles. The van der Waals surface area contributed by atoms with Crippen LogP contribution in [0.4, 0.5) is 4.79 Å². The van der Waals surface area contributed by atoms with Gasteiger partial charge in [0.2, 0.25) is 0 Å². The van der Waals surface area contributed by atoms with E-state index in [-0.39, 0.29) is 18.1 Å². The standard InChI is InChI=1S/C13H23N5O/c1-10(11(2)18-9-14-8-16-18)17-13(19)15-7-12-5-3-4-6-12/h8-12H,3-7H2,1-2H3,(H2,15,17,19)/t10-,11-/m1/s1. The predicted octanol–water partition coefficient (Wildman–Crippen LogP) is 1.72. The molecule has 0 spiro atoms. The Labute approximate surface area is 114 Å². The first-order chi connectivity index (χ1) is 9.16. The number of hydrogen-bond acceptors (Lipinski definition) is 3. The summed E-state index contributed by atoms with van der Waals surface area (Å²) >= 11 is 0. The summed E-state index contributed by atoms with van der Waals surface area (Å²) in [6, 6.07) is -0.00336. The van der Waals surface area contributed by atoms with Gasteiger partial charge in [-0.1, -0.05) is 12.8 Å². The maximum absolute atomic E-state index is 11.8. The Kier molecular flexibility index (Phi) is 4.76. The Balaban J connectivity index is 1.71. The maximum atomic E-state index is 11.8. The second-order valence-electron chi connectivity index (χ2n) is 5.41. The van der Waals surface area contributed by atoms with E-state index in [1.165, 1.54) is 32.0 Å². The molecule has 1 aliphatic rings. The Morgan fingerprint density at radius 1 is 1.42 bits per heavy atom. The van der Waals surface area contributed by atoms with E-state index in [1.807, 2.05) is 13.8 Å². The van der Waals surface area contributed by atoms with Crippen molar-refractivity contribution in [2.75, 3.05) is 6.54 Å². The largest absolute Gasteiger partial charge is 0.338 e. The summed E-state index contributed by atoms with van der Waals surface area (Å²) in [7, 11) is 0. The summed E-state index contributed by atoms with van der Waals surface area (Å²) in [5.74, 6) is 0.661. The maximum Gasteiger partial charge on any atom is 0.315 e. The van der Waals surface area contributed by atoms with Gasteiger partial charge in [0, 0.05) is 12.6 Å². The molecule has 106 valence electrons. The van der Waals surface area contributed by atoms with Gasteiger partial charge in [0.15, 0.2) is 0 Å². The Hall–Kier alpha value is -1.59. The molecular formula is C13H23N5O. The molecule has 2 rings (SSSR count). The van der Waals surface area contributed by atoms with E-state index in [0.717, 1.165) is 6.54 Å². The van der Waals surface area contributed by atoms with Crippen LogP contribution < -0.4 is 10.6 Å². The lowest BCUT2D eigenvalue weighted by atomic mass is 10.1. The SMILES string of the molecule is C[C@H]([C@@H](C)NC(=O)NCC1CCCC1)n1cncn1. The zero-order valence-electron chi connectivity index (χ0n) is 11.7. The third-order valence-electron chi connectivity index (χ3n) is 3.96. The van der Waals surface area contributed by atoms with Crippen molar-refractivity contribution in [1.82, 2.24) is 25.4 Å². The lowest BCUT2D eigenvalue weighted by molar-refractivity contribution is 0.230. The minimum Gasteiger partial charge on any atom is -0.338 e. The van der Waals surface area contributed by atoms with E-state index in [4.69, 9.17) is 0 Å². The Morgan fingerprint density at radius 3 is 2.79 bits per heavy atom. The van der Waals surface area contributed by atoms with Crippen LogP contribution in [0.15, 0.2) is 12.7 Å². The van der Waals surface area contributed by atoms with Gasteiger partial charge in [-0.05, 0) is 32.6 Å². The van der Waals surface area contributed by atoms with Crippen molar-refractivity contribution >= 4 is 6.03 Å². The molecule has 0 bridgehead atoms. The van der Waals surface area contributed by atoms with Crippen molar-refractivity contribution in [3.05, 3.63) is 12.7 Å². The zero-order chi connectivity index (χ0) is 13.7. The third kappa shape index (κ3) is 3.94. The number of aromatic nitrogens is 3. The van der Waals surface area contributed by atoms with Crippen LogP contribution in [0.3, 0.4) is 0 Å². The molecule has 0 aromatic carbocycles. The second kappa shape index (κ2) is 6.54. The summed E-state index contributed by atoms with van der Waals surface area (Å²) < 4.78 is 1.75. The van der Waals surface area contributed by atoms with Crippen LogP contribution in [0.2, 0.25) is 0 Å². The van der Waals surface area contributed by atoms with Gasteiger partial charge in [-0.2, -0.15) is 5.10 Å². The highest BCUT2D eigenvalue weighted by atomic mass is 16.2. The fourth-order valence-electron chi connectivity index (χ4n) is 2.49. The zero-order valence-corrected chi connectivity index (χ0v) is 11.7. The molecule has 1 fully saturated rings. The quantitative estimate of drug-likeness (QED) is 0.851. The Bertz CT molecular complexity index is 386. The predicted molar refractivity (Wildman–Crippen MR) is 72.7 cm³/mol. The molecule has 2 amide bonds. The number of amides is 2. The van der Waals surface area contributed by atoms with Crippen molar-refractivity contribution in [1.29, 1.82) is 0 Å². The number of hydrogen-bond donors (Lipinski definition) is 2. The highest BCUT2D eigenvalue weighted by Gasteiger charge is 2.19. The summed E-state index contributed by atoms with van der Waals surface area (Å²) in [5, 5.41) is 10.0. The van der Waals surface area contributed by atoms with Crippen molar-refractivity contribution in [3.8, 4) is 0 Å². The molecule has 19 heavy (non-hydrogen) atoms. The highest BCUT2D eigenvalue weighted by molar-refractivity contribution is 5.74. The van der Waals surface area contributed by atoms with E-state index in [2.05, 4.69) is 20.7 Å². The fourth-order valence-corrected chi connectivity index (χ4v) is 2.49. The highest BCUT2D eigenvalue weighted by Crippen LogP contribution is 2.23. The van der Waals surface area contributed by atoms with E-state index in [0.29, 0.717) is 5.92 Å². The average molecular weight is 265 g/mol. The number of carbonyl (C=O) groups excluding carboxylic acids is 1. The number of carbonyl (C=O) groups is 1. The number of nitrogens with zero attached hydrogens (tertiary/aromatic N) is 3. The smallest absolute Gasteiger partial charge is 0.315 e. The van der Waals surface area contributed by atoms with Crippen LogP contribution in [0, 0.1) is 5.92 Å². The van der Waals surface area contributed by atoms with Gasteiger partial charge in [-0.3, -0.25) is 0 Å². The molecule has 1 aromatic heterocycles. The minimum atomic E-state index is -0.0913. The van der Waals surface area contributed by atoms with E-state index in [9.17, 15) is 4.79 Å². The molecule has 1 saturated carbocycles. The van der Waals surface area contributed by atoms with Gasteiger partial charge in [-0.15, -0.1) is 0 Å². The van der Waals surface area contributed by atoms with Crippen LogP contribution in [0.25, 0.3) is 0 Å². The van der Waals surface area contributed by atoms with Gasteiger partial charge in [0.05, 0.1) is 6.04 Å². The van der Waals surface area contributed by atoms with Crippen molar-refractivity contribution in [2.24, 2.45) is 5.92 Å². The summed E-state index contributed by atoms with van der Waals surface area (Å²) in [4.78, 5) is 15.7. The van der Waals surface area contributed by atoms with Gasteiger partial charge in [-0.25, -0.2) is 14.5 Å². The molecule has 2 atom stereocenters. The molecule has 6 heteroatoms. The third-order valence-corrected chi connectivity index (χ3v) is 3.96. The fraction of sp³-hybridized carbons (Fsp3) is 0.769. The van der Waals surface area contributed by atoms with Crippen LogP contribution >= 0.6 is 0 Å². The topological polar surface area (TPSA) is 71.8 Å². The van der Waals surface area contributed by atoms with Crippen molar-refractivity contribution in [2.45, 2.75) is 51.6 Å².